The number of nitrogens with one attached hydrogen (secondary N) is 1. The van der Waals surface area contributed by atoms with Crippen LogP contribution >= 0.6 is 11.6 Å². The Morgan fingerprint density at radius 1 is 1.20 bits per heavy atom. The molecule has 1 rings (SSSR count). The van der Waals surface area contributed by atoms with Gasteiger partial charge < -0.3 is 14.8 Å². The number of hydrogen-bond donors (Lipinski definition) is 1. The highest BCUT2D eigenvalue weighted by atomic mass is 35.5. The quantitative estimate of drug-likeness (QED) is 0.673. The summed E-state index contributed by atoms with van der Waals surface area (Å²) in [5, 5.41) is 4.23. The van der Waals surface area contributed by atoms with Gasteiger partial charge in [0.15, 0.2) is 0 Å². The van der Waals surface area contributed by atoms with Gasteiger partial charge in [-0.15, -0.1) is 0 Å². The molecule has 0 amide bonds. The molecule has 0 bridgehead atoms. The van der Waals surface area contributed by atoms with E-state index in [1.807, 2.05) is 12.1 Å². The SMILES string of the molecule is COCCNCC(Cc1ccc(Cl)cc1)CC(C)OC. The second-order valence-electron chi connectivity index (χ2n) is 5.18. The van der Waals surface area contributed by atoms with E-state index in [4.69, 9.17) is 21.1 Å². The van der Waals surface area contributed by atoms with E-state index < -0.39 is 0 Å². The highest BCUT2D eigenvalue weighted by Crippen LogP contribution is 2.17. The molecule has 0 radical (unpaired) electrons. The van der Waals surface area contributed by atoms with Gasteiger partial charge in [0, 0.05) is 25.8 Å². The molecule has 4 heteroatoms. The fourth-order valence-corrected chi connectivity index (χ4v) is 2.36. The van der Waals surface area contributed by atoms with Gasteiger partial charge in [-0.2, -0.15) is 0 Å². The molecule has 114 valence electrons. The summed E-state index contributed by atoms with van der Waals surface area (Å²) < 4.78 is 10.4. The predicted octanol–water partition coefficient (Wildman–Crippen LogP) is 3.16. The highest BCUT2D eigenvalue weighted by molar-refractivity contribution is 6.30. The molecule has 0 spiro atoms. The molecule has 0 saturated carbocycles. The molecule has 20 heavy (non-hydrogen) atoms. The number of rotatable bonds is 10. The van der Waals surface area contributed by atoms with Crippen LogP contribution in [0.3, 0.4) is 0 Å². The first-order chi connectivity index (χ1) is 9.65. The Hall–Kier alpha value is -0.610. The fourth-order valence-electron chi connectivity index (χ4n) is 2.24. The van der Waals surface area contributed by atoms with Crippen LogP contribution in [-0.4, -0.2) is 40.0 Å². The normalized spacial score (nSPS) is 14.2. The van der Waals surface area contributed by atoms with E-state index in [-0.39, 0.29) is 6.10 Å². The Bertz CT molecular complexity index is 356. The van der Waals surface area contributed by atoms with Crippen molar-refractivity contribution in [3.05, 3.63) is 34.9 Å². The predicted molar refractivity (Wildman–Crippen MR) is 84.5 cm³/mol. The topological polar surface area (TPSA) is 30.5 Å². The largest absolute Gasteiger partial charge is 0.383 e. The smallest absolute Gasteiger partial charge is 0.0587 e. The third-order valence-electron chi connectivity index (χ3n) is 3.42. The molecule has 2 unspecified atom stereocenters. The van der Waals surface area contributed by atoms with E-state index in [9.17, 15) is 0 Å². The van der Waals surface area contributed by atoms with Crippen molar-refractivity contribution in [2.45, 2.75) is 25.9 Å². The Morgan fingerprint density at radius 3 is 2.50 bits per heavy atom. The lowest BCUT2D eigenvalue weighted by molar-refractivity contribution is 0.0941. The van der Waals surface area contributed by atoms with E-state index >= 15 is 0 Å². The Balaban J connectivity index is 2.49. The summed E-state index contributed by atoms with van der Waals surface area (Å²) in [6, 6.07) is 8.10. The lowest BCUT2D eigenvalue weighted by atomic mass is 9.94. The lowest BCUT2D eigenvalue weighted by Crippen LogP contribution is -2.29. The zero-order valence-electron chi connectivity index (χ0n) is 12.7. The summed E-state index contributed by atoms with van der Waals surface area (Å²) in [5.41, 5.74) is 1.32. The van der Waals surface area contributed by atoms with E-state index in [0.717, 1.165) is 37.6 Å². The standard InChI is InChI=1S/C16H26ClNO2/c1-13(20-3)10-15(12-18-8-9-19-2)11-14-4-6-16(17)7-5-14/h4-7,13,15,18H,8-12H2,1-3H3. The molecular formula is C16H26ClNO2. The van der Waals surface area contributed by atoms with Crippen LogP contribution in [0.1, 0.15) is 18.9 Å². The maximum atomic E-state index is 5.93. The highest BCUT2D eigenvalue weighted by Gasteiger charge is 2.13. The van der Waals surface area contributed by atoms with Crippen molar-refractivity contribution in [3.8, 4) is 0 Å². The summed E-state index contributed by atoms with van der Waals surface area (Å²) in [7, 11) is 3.49. The van der Waals surface area contributed by atoms with E-state index in [0.29, 0.717) is 5.92 Å². The van der Waals surface area contributed by atoms with Gasteiger partial charge in [-0.05, 0) is 49.9 Å². The molecule has 1 N–H and O–H groups in total. The molecule has 0 aromatic heterocycles. The molecule has 2 atom stereocenters. The summed E-state index contributed by atoms with van der Waals surface area (Å²) in [6.45, 7) is 4.71. The number of hydrogen-bond acceptors (Lipinski definition) is 3. The van der Waals surface area contributed by atoms with Crippen LogP contribution < -0.4 is 5.32 Å². The minimum Gasteiger partial charge on any atom is -0.383 e. The van der Waals surface area contributed by atoms with Gasteiger partial charge in [0.1, 0.15) is 0 Å². The van der Waals surface area contributed by atoms with E-state index in [1.165, 1.54) is 5.56 Å². The second-order valence-corrected chi connectivity index (χ2v) is 5.61. The third-order valence-corrected chi connectivity index (χ3v) is 3.67. The van der Waals surface area contributed by atoms with Gasteiger partial charge >= 0.3 is 0 Å². The fraction of sp³-hybridized carbons (Fsp3) is 0.625. The van der Waals surface area contributed by atoms with Crippen molar-refractivity contribution >= 4 is 11.6 Å². The summed E-state index contributed by atoms with van der Waals surface area (Å²) in [4.78, 5) is 0. The van der Waals surface area contributed by atoms with Gasteiger partial charge in [-0.3, -0.25) is 0 Å². The van der Waals surface area contributed by atoms with Crippen LogP contribution in [0.4, 0.5) is 0 Å². The number of halogens is 1. The lowest BCUT2D eigenvalue weighted by Gasteiger charge is -2.21. The van der Waals surface area contributed by atoms with Crippen LogP contribution in [0.15, 0.2) is 24.3 Å². The zero-order valence-corrected chi connectivity index (χ0v) is 13.5. The summed E-state index contributed by atoms with van der Waals surface area (Å²) in [6.07, 6.45) is 2.35. The van der Waals surface area contributed by atoms with Gasteiger partial charge in [0.05, 0.1) is 12.7 Å². The number of ether oxygens (including phenoxy) is 2. The maximum Gasteiger partial charge on any atom is 0.0587 e. The van der Waals surface area contributed by atoms with Crippen molar-refractivity contribution in [1.82, 2.24) is 5.32 Å². The first-order valence-electron chi connectivity index (χ1n) is 7.12. The van der Waals surface area contributed by atoms with Gasteiger partial charge in [-0.1, -0.05) is 23.7 Å². The molecule has 1 aromatic rings. The number of benzene rings is 1. The van der Waals surface area contributed by atoms with Crippen molar-refractivity contribution in [2.24, 2.45) is 5.92 Å². The van der Waals surface area contributed by atoms with E-state index in [2.05, 4.69) is 24.4 Å². The van der Waals surface area contributed by atoms with Gasteiger partial charge in [0.25, 0.3) is 0 Å². The Morgan fingerprint density at radius 2 is 1.90 bits per heavy atom. The van der Waals surface area contributed by atoms with Crippen LogP contribution in [-0.2, 0) is 15.9 Å². The zero-order chi connectivity index (χ0) is 14.8. The minimum atomic E-state index is 0.275. The monoisotopic (exact) mass is 299 g/mol. The summed E-state index contributed by atoms with van der Waals surface area (Å²) >= 11 is 5.93. The van der Waals surface area contributed by atoms with Crippen molar-refractivity contribution in [1.29, 1.82) is 0 Å². The first kappa shape index (κ1) is 17.4. The van der Waals surface area contributed by atoms with Crippen molar-refractivity contribution in [3.63, 3.8) is 0 Å². The third kappa shape index (κ3) is 7.25. The second kappa shape index (κ2) is 10.2. The van der Waals surface area contributed by atoms with E-state index in [1.54, 1.807) is 14.2 Å². The first-order valence-corrected chi connectivity index (χ1v) is 7.50. The van der Waals surface area contributed by atoms with Gasteiger partial charge in [0.2, 0.25) is 0 Å². The van der Waals surface area contributed by atoms with Crippen LogP contribution in [0.5, 0.6) is 0 Å². The Labute approximate surface area is 127 Å². The number of methoxy groups -OCH3 is 2. The molecule has 1 aromatic carbocycles. The summed E-state index contributed by atoms with van der Waals surface area (Å²) in [5.74, 6) is 0.544. The van der Waals surface area contributed by atoms with Crippen LogP contribution in [0.25, 0.3) is 0 Å². The molecule has 0 aliphatic carbocycles. The Kier molecular flexibility index (Phi) is 8.86. The molecule has 0 aliphatic heterocycles. The average molecular weight is 300 g/mol. The average Bonchev–Trinajstić information content (AvgIpc) is 2.45. The maximum absolute atomic E-state index is 5.93. The van der Waals surface area contributed by atoms with Crippen molar-refractivity contribution < 1.29 is 9.47 Å². The molecule has 0 heterocycles. The molecular weight excluding hydrogens is 274 g/mol. The molecule has 0 fully saturated rings. The minimum absolute atomic E-state index is 0.275. The molecule has 3 nitrogen and oxygen atoms in total. The molecule has 0 saturated heterocycles. The molecule has 0 aliphatic rings. The van der Waals surface area contributed by atoms with Crippen LogP contribution in [0.2, 0.25) is 5.02 Å². The van der Waals surface area contributed by atoms with Gasteiger partial charge in [-0.25, -0.2) is 0 Å². The van der Waals surface area contributed by atoms with Crippen LogP contribution in [0, 0.1) is 5.92 Å². The van der Waals surface area contributed by atoms with Crippen molar-refractivity contribution in [2.75, 3.05) is 33.9 Å².